The Kier molecular flexibility index (Phi) is 4.24. The second kappa shape index (κ2) is 6.44. The number of aliphatic hydroxyl groups is 1. The van der Waals surface area contributed by atoms with Gasteiger partial charge in [-0.25, -0.2) is 13.8 Å². The maximum Gasteiger partial charge on any atom is 0.259 e. The molecule has 1 N–H and O–H groups in total. The Morgan fingerprint density at radius 3 is 2.88 bits per heavy atom. The monoisotopic (exact) mass is 378 g/mol. The SMILES string of the molecule is Cc1sc2nc(COc3ccc(F)cc3F)cc(=O)n2c1[C@@H]1C[C@H]1CO. The van der Waals surface area contributed by atoms with Crippen molar-refractivity contribution in [3.8, 4) is 5.75 Å². The highest BCUT2D eigenvalue weighted by Crippen LogP contribution is 2.49. The van der Waals surface area contributed by atoms with E-state index in [0.717, 1.165) is 29.1 Å². The zero-order valence-corrected chi connectivity index (χ0v) is 14.7. The van der Waals surface area contributed by atoms with E-state index in [1.165, 1.54) is 23.5 Å². The highest BCUT2D eigenvalue weighted by molar-refractivity contribution is 7.17. The average molecular weight is 378 g/mol. The first kappa shape index (κ1) is 17.1. The van der Waals surface area contributed by atoms with Crippen LogP contribution in [-0.4, -0.2) is 21.1 Å². The second-order valence-corrected chi connectivity index (χ2v) is 7.58. The number of fused-ring (bicyclic) bond motifs is 1. The quantitative estimate of drug-likeness (QED) is 0.741. The summed E-state index contributed by atoms with van der Waals surface area (Å²) in [7, 11) is 0. The van der Waals surface area contributed by atoms with Crippen molar-refractivity contribution in [3.05, 3.63) is 62.5 Å². The van der Waals surface area contributed by atoms with Crippen molar-refractivity contribution in [1.82, 2.24) is 9.38 Å². The maximum absolute atomic E-state index is 13.6. The topological polar surface area (TPSA) is 63.8 Å². The number of hydrogen-bond acceptors (Lipinski definition) is 5. The zero-order chi connectivity index (χ0) is 18.4. The second-order valence-electron chi connectivity index (χ2n) is 6.40. The van der Waals surface area contributed by atoms with E-state index >= 15 is 0 Å². The summed E-state index contributed by atoms with van der Waals surface area (Å²) in [4.78, 5) is 18.6. The van der Waals surface area contributed by atoms with E-state index in [0.29, 0.717) is 10.7 Å². The number of hydrogen-bond donors (Lipinski definition) is 1. The van der Waals surface area contributed by atoms with Crippen LogP contribution in [0.15, 0.2) is 29.1 Å². The highest BCUT2D eigenvalue weighted by Gasteiger charge is 2.41. The van der Waals surface area contributed by atoms with Crippen molar-refractivity contribution in [2.24, 2.45) is 5.92 Å². The molecule has 1 saturated carbocycles. The Hall–Kier alpha value is -2.32. The van der Waals surface area contributed by atoms with Crippen LogP contribution in [0.1, 0.15) is 28.6 Å². The van der Waals surface area contributed by atoms with E-state index in [9.17, 15) is 18.7 Å². The molecule has 0 unspecified atom stereocenters. The Morgan fingerprint density at radius 2 is 2.19 bits per heavy atom. The summed E-state index contributed by atoms with van der Waals surface area (Å²) in [5.41, 5.74) is 1.07. The Bertz CT molecular complexity index is 1050. The molecule has 136 valence electrons. The summed E-state index contributed by atoms with van der Waals surface area (Å²) in [5.74, 6) is -1.21. The van der Waals surface area contributed by atoms with Gasteiger partial charge in [0.25, 0.3) is 5.56 Å². The normalized spacial score (nSPS) is 19.1. The summed E-state index contributed by atoms with van der Waals surface area (Å²) in [6.07, 6.45) is 0.865. The smallest absolute Gasteiger partial charge is 0.259 e. The van der Waals surface area contributed by atoms with E-state index in [1.54, 1.807) is 4.40 Å². The van der Waals surface area contributed by atoms with E-state index in [-0.39, 0.29) is 36.4 Å². The van der Waals surface area contributed by atoms with Crippen molar-refractivity contribution in [1.29, 1.82) is 0 Å². The molecule has 2 heterocycles. The van der Waals surface area contributed by atoms with Crippen LogP contribution in [0.25, 0.3) is 4.96 Å². The average Bonchev–Trinajstić information content (AvgIpc) is 3.28. The lowest BCUT2D eigenvalue weighted by Crippen LogP contribution is -2.17. The summed E-state index contributed by atoms with van der Waals surface area (Å²) in [5, 5.41) is 9.30. The number of ether oxygens (including phenoxy) is 1. The van der Waals surface area contributed by atoms with Crippen LogP contribution < -0.4 is 10.3 Å². The van der Waals surface area contributed by atoms with Gasteiger partial charge in [-0.1, -0.05) is 0 Å². The summed E-state index contributed by atoms with van der Waals surface area (Å²) in [6.45, 7) is 1.95. The minimum atomic E-state index is -0.805. The first-order chi connectivity index (χ1) is 12.5. The molecule has 0 saturated heterocycles. The van der Waals surface area contributed by atoms with Crippen molar-refractivity contribution in [2.45, 2.75) is 25.9 Å². The fourth-order valence-corrected chi connectivity index (χ4v) is 4.24. The lowest BCUT2D eigenvalue weighted by molar-refractivity contribution is 0.273. The van der Waals surface area contributed by atoms with Gasteiger partial charge in [-0.15, -0.1) is 11.3 Å². The van der Waals surface area contributed by atoms with Crippen molar-refractivity contribution >= 4 is 16.3 Å². The third kappa shape index (κ3) is 2.99. The van der Waals surface area contributed by atoms with Crippen LogP contribution in [0, 0.1) is 24.5 Å². The lowest BCUT2D eigenvalue weighted by Gasteiger charge is -2.07. The Balaban J connectivity index is 1.63. The van der Waals surface area contributed by atoms with Gasteiger partial charge < -0.3 is 9.84 Å². The van der Waals surface area contributed by atoms with E-state index in [4.69, 9.17) is 4.74 Å². The number of benzene rings is 1. The van der Waals surface area contributed by atoms with Crippen LogP contribution in [-0.2, 0) is 6.61 Å². The number of aromatic nitrogens is 2. The molecule has 3 aromatic rings. The largest absolute Gasteiger partial charge is 0.484 e. The standard InChI is InChI=1S/C18H16F2N2O3S/c1-9-17(13-4-10(13)7-23)22-16(24)6-12(21-18(22)26-9)8-25-15-3-2-11(19)5-14(15)20/h2-3,5-6,10,13,23H,4,7-8H2,1H3/t10-,13+/m0/s1. The molecule has 1 aliphatic rings. The molecule has 1 aliphatic carbocycles. The van der Waals surface area contributed by atoms with Crippen LogP contribution >= 0.6 is 11.3 Å². The molecule has 1 fully saturated rings. The van der Waals surface area contributed by atoms with Gasteiger partial charge in [-0.3, -0.25) is 9.20 Å². The molecule has 0 aliphatic heterocycles. The molecule has 2 atom stereocenters. The fourth-order valence-electron chi connectivity index (χ4n) is 3.17. The molecule has 26 heavy (non-hydrogen) atoms. The van der Waals surface area contributed by atoms with E-state index in [2.05, 4.69) is 4.98 Å². The van der Waals surface area contributed by atoms with Crippen molar-refractivity contribution < 1.29 is 18.6 Å². The molecule has 0 bridgehead atoms. The molecule has 0 radical (unpaired) electrons. The Labute approximate surface area is 151 Å². The van der Waals surface area contributed by atoms with Gasteiger partial charge in [0, 0.05) is 35.2 Å². The summed E-state index contributed by atoms with van der Waals surface area (Å²) in [6, 6.07) is 4.40. The summed E-state index contributed by atoms with van der Waals surface area (Å²) >= 11 is 1.41. The van der Waals surface area contributed by atoms with Gasteiger partial charge in [-0.2, -0.15) is 0 Å². The number of rotatable bonds is 5. The van der Waals surface area contributed by atoms with E-state index in [1.807, 2.05) is 6.92 Å². The number of thiazole rings is 1. The third-order valence-corrected chi connectivity index (χ3v) is 5.54. The third-order valence-electron chi connectivity index (χ3n) is 4.56. The molecule has 1 aromatic carbocycles. The molecule has 2 aromatic heterocycles. The maximum atomic E-state index is 13.6. The number of aliphatic hydroxyl groups excluding tert-OH is 1. The minimum absolute atomic E-state index is 0.0940. The molecule has 8 heteroatoms. The molecule has 4 rings (SSSR count). The highest BCUT2D eigenvalue weighted by atomic mass is 32.1. The zero-order valence-electron chi connectivity index (χ0n) is 13.9. The van der Waals surface area contributed by atoms with Gasteiger partial charge in [0.1, 0.15) is 12.4 Å². The first-order valence-electron chi connectivity index (χ1n) is 8.18. The van der Waals surface area contributed by atoms with Crippen LogP contribution in [0.5, 0.6) is 5.75 Å². The van der Waals surface area contributed by atoms with Gasteiger partial charge in [0.05, 0.1) is 5.69 Å². The van der Waals surface area contributed by atoms with Crippen molar-refractivity contribution in [2.75, 3.05) is 6.61 Å². The molecule has 0 spiro atoms. The molecular weight excluding hydrogens is 362 g/mol. The van der Waals surface area contributed by atoms with Gasteiger partial charge in [-0.05, 0) is 31.4 Å². The van der Waals surface area contributed by atoms with E-state index < -0.39 is 11.6 Å². The fraction of sp³-hybridized carbons (Fsp3) is 0.333. The van der Waals surface area contributed by atoms with Crippen LogP contribution in [0.2, 0.25) is 0 Å². The number of halogens is 2. The minimum Gasteiger partial charge on any atom is -0.484 e. The van der Waals surface area contributed by atoms with Gasteiger partial charge in [0.2, 0.25) is 0 Å². The molecule has 0 amide bonds. The van der Waals surface area contributed by atoms with Gasteiger partial charge in [0.15, 0.2) is 16.5 Å². The molecular formula is C18H16F2N2O3S. The first-order valence-corrected chi connectivity index (χ1v) is 9.00. The van der Waals surface area contributed by atoms with Crippen LogP contribution in [0.4, 0.5) is 8.78 Å². The number of aryl methyl sites for hydroxylation is 1. The van der Waals surface area contributed by atoms with Crippen molar-refractivity contribution in [3.63, 3.8) is 0 Å². The summed E-state index contributed by atoms with van der Waals surface area (Å²) < 4.78 is 33.5. The number of nitrogens with zero attached hydrogens (tertiary/aromatic N) is 2. The Morgan fingerprint density at radius 1 is 1.38 bits per heavy atom. The van der Waals surface area contributed by atoms with Gasteiger partial charge >= 0.3 is 0 Å². The lowest BCUT2D eigenvalue weighted by atomic mass is 10.2. The van der Waals surface area contributed by atoms with Crippen LogP contribution in [0.3, 0.4) is 0 Å². The predicted octanol–water partition coefficient (Wildman–Crippen LogP) is 3.02. The molecule has 5 nitrogen and oxygen atoms in total. The predicted molar refractivity (Wildman–Crippen MR) is 92.7 cm³/mol.